The average molecular weight is 508 g/mol. The second-order valence-electron chi connectivity index (χ2n) is 6.88. The maximum atomic E-state index is 12.7. The molecule has 0 unspecified atom stereocenters. The van der Waals surface area contributed by atoms with Crippen molar-refractivity contribution in [1.82, 2.24) is 10.2 Å². The van der Waals surface area contributed by atoms with Crippen LogP contribution in [0.5, 0.6) is 5.75 Å². The van der Waals surface area contributed by atoms with Gasteiger partial charge in [0.25, 0.3) is 5.91 Å². The van der Waals surface area contributed by atoms with E-state index in [4.69, 9.17) is 21.7 Å². The number of amides is 2. The SMILES string of the molecule is COCCOc1ccc(Br)cc1C(=O)NC(=S)Nc1cccc(CCC(=O)N(C)C)c1. The largest absolute Gasteiger partial charge is 0.490 e. The van der Waals surface area contributed by atoms with Gasteiger partial charge in [0.15, 0.2) is 5.11 Å². The molecule has 0 aliphatic rings. The second-order valence-corrected chi connectivity index (χ2v) is 8.20. The van der Waals surface area contributed by atoms with E-state index in [1.807, 2.05) is 24.3 Å². The van der Waals surface area contributed by atoms with Gasteiger partial charge in [0, 0.05) is 37.8 Å². The Labute approximate surface area is 196 Å². The van der Waals surface area contributed by atoms with Crippen LogP contribution in [0.25, 0.3) is 0 Å². The smallest absolute Gasteiger partial charge is 0.261 e. The lowest BCUT2D eigenvalue weighted by Gasteiger charge is -2.14. The van der Waals surface area contributed by atoms with Crippen LogP contribution in [-0.4, -0.2) is 56.2 Å². The van der Waals surface area contributed by atoms with Gasteiger partial charge >= 0.3 is 0 Å². The normalized spacial score (nSPS) is 10.3. The number of carbonyl (C=O) groups excluding carboxylic acids is 2. The molecule has 9 heteroatoms. The summed E-state index contributed by atoms with van der Waals surface area (Å²) in [7, 11) is 5.05. The number of aryl methyl sites for hydroxylation is 1. The Bertz CT molecular complexity index is 937. The molecule has 166 valence electrons. The zero-order chi connectivity index (χ0) is 22.8. The first kappa shape index (κ1) is 24.8. The number of hydrogen-bond acceptors (Lipinski definition) is 5. The fourth-order valence-electron chi connectivity index (χ4n) is 2.65. The Balaban J connectivity index is 2.00. The summed E-state index contributed by atoms with van der Waals surface area (Å²) in [4.78, 5) is 26.1. The lowest BCUT2D eigenvalue weighted by molar-refractivity contribution is -0.128. The van der Waals surface area contributed by atoms with Crippen LogP contribution >= 0.6 is 28.1 Å². The van der Waals surface area contributed by atoms with Gasteiger partial charge in [-0.2, -0.15) is 0 Å². The minimum Gasteiger partial charge on any atom is -0.490 e. The van der Waals surface area contributed by atoms with E-state index in [0.29, 0.717) is 37.4 Å². The molecular weight excluding hydrogens is 482 g/mol. The fourth-order valence-corrected chi connectivity index (χ4v) is 3.22. The number of ether oxygens (including phenoxy) is 2. The molecule has 0 saturated carbocycles. The van der Waals surface area contributed by atoms with Crippen molar-refractivity contribution in [1.29, 1.82) is 0 Å². The third-order valence-electron chi connectivity index (χ3n) is 4.27. The van der Waals surface area contributed by atoms with Crippen molar-refractivity contribution in [2.75, 3.05) is 39.7 Å². The summed E-state index contributed by atoms with van der Waals surface area (Å²) >= 11 is 8.67. The molecule has 31 heavy (non-hydrogen) atoms. The predicted octanol–water partition coefficient (Wildman–Crippen LogP) is 3.62. The highest BCUT2D eigenvalue weighted by molar-refractivity contribution is 9.10. The summed E-state index contributed by atoms with van der Waals surface area (Å²) in [5.74, 6) is 0.116. The van der Waals surface area contributed by atoms with Crippen LogP contribution in [0.2, 0.25) is 0 Å². The van der Waals surface area contributed by atoms with E-state index in [1.165, 1.54) is 0 Å². The maximum absolute atomic E-state index is 12.7. The average Bonchev–Trinajstić information content (AvgIpc) is 2.73. The standard InChI is InChI=1S/C22H26BrN3O4S/c1-26(2)20(27)10-7-15-5-4-6-17(13-15)24-22(31)25-21(28)18-14-16(23)8-9-19(18)30-12-11-29-3/h4-6,8-9,13-14H,7,10-12H2,1-3H3,(H2,24,25,28,31). The van der Waals surface area contributed by atoms with Gasteiger partial charge in [0.1, 0.15) is 12.4 Å². The van der Waals surface area contributed by atoms with Crippen LogP contribution in [0.4, 0.5) is 5.69 Å². The first-order chi connectivity index (χ1) is 14.8. The number of nitrogens with one attached hydrogen (secondary N) is 2. The number of anilines is 1. The van der Waals surface area contributed by atoms with Gasteiger partial charge in [0.2, 0.25) is 5.91 Å². The van der Waals surface area contributed by atoms with E-state index >= 15 is 0 Å². The number of halogens is 1. The van der Waals surface area contributed by atoms with Crippen LogP contribution in [0.1, 0.15) is 22.3 Å². The molecule has 2 aromatic rings. The molecule has 0 fully saturated rings. The van der Waals surface area contributed by atoms with Gasteiger partial charge in [-0.3, -0.25) is 14.9 Å². The quantitative estimate of drug-likeness (QED) is 0.398. The highest BCUT2D eigenvalue weighted by Crippen LogP contribution is 2.23. The summed E-state index contributed by atoms with van der Waals surface area (Å²) in [5, 5.41) is 5.85. The second kappa shape index (κ2) is 12.4. The molecule has 0 aliphatic carbocycles. The van der Waals surface area contributed by atoms with Crippen LogP contribution in [0, 0.1) is 0 Å². The number of benzene rings is 2. The van der Waals surface area contributed by atoms with E-state index in [-0.39, 0.29) is 16.9 Å². The van der Waals surface area contributed by atoms with E-state index in [0.717, 1.165) is 15.7 Å². The Hall–Kier alpha value is -2.49. The molecule has 2 rings (SSSR count). The van der Waals surface area contributed by atoms with Gasteiger partial charge in [-0.25, -0.2) is 0 Å². The van der Waals surface area contributed by atoms with Gasteiger partial charge in [-0.1, -0.05) is 28.1 Å². The lowest BCUT2D eigenvalue weighted by atomic mass is 10.1. The van der Waals surface area contributed by atoms with Crippen LogP contribution in [-0.2, 0) is 16.0 Å². The third kappa shape index (κ3) is 8.28. The molecule has 0 atom stereocenters. The minimum absolute atomic E-state index is 0.0682. The summed E-state index contributed by atoms with van der Waals surface area (Å²) in [6.45, 7) is 0.734. The van der Waals surface area contributed by atoms with Gasteiger partial charge in [0.05, 0.1) is 12.2 Å². The Morgan fingerprint density at radius 3 is 2.61 bits per heavy atom. The predicted molar refractivity (Wildman–Crippen MR) is 129 cm³/mol. The van der Waals surface area contributed by atoms with Crippen LogP contribution < -0.4 is 15.4 Å². The molecule has 0 saturated heterocycles. The van der Waals surface area contributed by atoms with Crippen LogP contribution in [0.15, 0.2) is 46.9 Å². The molecule has 2 N–H and O–H groups in total. The molecule has 0 radical (unpaired) electrons. The van der Waals surface area contributed by atoms with E-state index in [1.54, 1.807) is 44.3 Å². The summed E-state index contributed by atoms with van der Waals surface area (Å²) in [5.41, 5.74) is 2.08. The van der Waals surface area contributed by atoms with Gasteiger partial charge < -0.3 is 19.7 Å². The van der Waals surface area contributed by atoms with Crippen molar-refractivity contribution in [3.63, 3.8) is 0 Å². The number of methoxy groups -OCH3 is 1. The van der Waals surface area contributed by atoms with Crippen molar-refractivity contribution < 1.29 is 19.1 Å². The minimum atomic E-state index is -0.390. The number of nitrogens with zero attached hydrogens (tertiary/aromatic N) is 1. The molecular formula is C22H26BrN3O4S. The van der Waals surface area contributed by atoms with Crippen LogP contribution in [0.3, 0.4) is 0 Å². The highest BCUT2D eigenvalue weighted by atomic mass is 79.9. The first-order valence-corrected chi connectivity index (χ1v) is 10.8. The first-order valence-electron chi connectivity index (χ1n) is 9.63. The van der Waals surface area contributed by atoms with Crippen molar-refractivity contribution in [3.8, 4) is 5.75 Å². The van der Waals surface area contributed by atoms with Crippen molar-refractivity contribution in [2.45, 2.75) is 12.8 Å². The molecule has 0 aliphatic heterocycles. The topological polar surface area (TPSA) is 79.9 Å². The summed E-state index contributed by atoms with van der Waals surface area (Å²) < 4.78 is 11.4. The third-order valence-corrected chi connectivity index (χ3v) is 4.97. The Morgan fingerprint density at radius 2 is 1.90 bits per heavy atom. The number of carbonyl (C=O) groups is 2. The zero-order valence-electron chi connectivity index (χ0n) is 17.7. The van der Waals surface area contributed by atoms with Crippen molar-refractivity contribution in [3.05, 3.63) is 58.1 Å². The molecule has 7 nitrogen and oxygen atoms in total. The fraction of sp³-hybridized carbons (Fsp3) is 0.318. The Kier molecular flexibility index (Phi) is 9.90. The molecule has 0 bridgehead atoms. The molecule has 0 aromatic heterocycles. The van der Waals surface area contributed by atoms with E-state index in [9.17, 15) is 9.59 Å². The van der Waals surface area contributed by atoms with Gasteiger partial charge in [-0.15, -0.1) is 0 Å². The summed E-state index contributed by atoms with van der Waals surface area (Å²) in [6, 6.07) is 12.7. The van der Waals surface area contributed by atoms with Gasteiger partial charge in [-0.05, 0) is 54.5 Å². The number of thiocarbonyl (C=S) groups is 1. The van der Waals surface area contributed by atoms with E-state index in [2.05, 4.69) is 26.6 Å². The maximum Gasteiger partial charge on any atom is 0.261 e. The summed E-state index contributed by atoms with van der Waals surface area (Å²) in [6.07, 6.45) is 1.04. The van der Waals surface area contributed by atoms with E-state index < -0.39 is 0 Å². The molecule has 0 spiro atoms. The zero-order valence-corrected chi connectivity index (χ0v) is 20.1. The van der Waals surface area contributed by atoms with Crippen molar-refractivity contribution >= 4 is 50.8 Å². The Morgan fingerprint density at radius 1 is 1.13 bits per heavy atom. The highest BCUT2D eigenvalue weighted by Gasteiger charge is 2.15. The number of hydrogen-bond donors (Lipinski definition) is 2. The molecule has 2 amide bonds. The molecule has 0 heterocycles. The van der Waals surface area contributed by atoms with Crippen molar-refractivity contribution in [2.24, 2.45) is 0 Å². The lowest BCUT2D eigenvalue weighted by Crippen LogP contribution is -2.34. The monoisotopic (exact) mass is 507 g/mol. The number of rotatable bonds is 9. The molecule has 2 aromatic carbocycles.